The molecule has 0 aliphatic carbocycles. The topological polar surface area (TPSA) is 28.2 Å². The maximum atomic E-state index is 5.39. The van der Waals surface area contributed by atoms with Gasteiger partial charge in [-0.2, -0.15) is 0 Å². The number of rotatable bonds is 4. The molecule has 0 fully saturated rings. The molecule has 0 radical (unpaired) electrons. The highest BCUT2D eigenvalue weighted by Crippen LogP contribution is 2.25. The van der Waals surface area contributed by atoms with Gasteiger partial charge in [-0.15, -0.1) is 6.42 Å². The van der Waals surface area contributed by atoms with Crippen LogP contribution in [0.1, 0.15) is 5.69 Å². The Hall–Kier alpha value is -2.05. The maximum absolute atomic E-state index is 5.39. The molecule has 3 nitrogen and oxygen atoms in total. The lowest BCUT2D eigenvalue weighted by atomic mass is 10.1. The Bertz CT molecular complexity index is 584. The van der Waals surface area contributed by atoms with Gasteiger partial charge in [-0.1, -0.05) is 24.1 Å². The number of nitrogens with zero attached hydrogens (tertiary/aromatic N) is 2. The molecule has 0 saturated carbocycles. The van der Waals surface area contributed by atoms with Crippen LogP contribution in [0.5, 0.6) is 0 Å². The van der Waals surface area contributed by atoms with Gasteiger partial charge in [0.25, 0.3) is 0 Å². The first-order valence-electron chi connectivity index (χ1n) is 5.94. The molecule has 0 unspecified atom stereocenters. The quantitative estimate of drug-likeness (QED) is 0.827. The summed E-state index contributed by atoms with van der Waals surface area (Å²) in [5.74, 6) is 2.67. The average molecular weight is 239 g/mol. The van der Waals surface area contributed by atoms with Crippen LogP contribution in [0.2, 0.25) is 0 Å². The fraction of sp³-hybridized carbons (Fsp3) is 0.267. The number of terminal acetylenes is 1. The van der Waals surface area contributed by atoms with Crippen LogP contribution in [0.4, 0.5) is 5.69 Å². The van der Waals surface area contributed by atoms with Gasteiger partial charge in [-0.25, -0.2) is 0 Å². The normalized spacial score (nSPS) is 10.3. The van der Waals surface area contributed by atoms with Crippen LogP contribution in [-0.4, -0.2) is 25.6 Å². The van der Waals surface area contributed by atoms with Crippen LogP contribution >= 0.6 is 0 Å². The molecule has 92 valence electrons. The number of pyridine rings is 1. The standard InChI is InChI=1S/C15H17N3/c1-4-9-18(3)15-10-12(11-16-2)17-14-8-6-5-7-13(14)15/h1,5-8,10,16H,9,11H2,2-3H3. The Morgan fingerprint density at radius 2 is 2.17 bits per heavy atom. The monoisotopic (exact) mass is 239 g/mol. The largest absolute Gasteiger partial charge is 0.363 e. The van der Waals surface area contributed by atoms with Gasteiger partial charge in [0, 0.05) is 24.7 Å². The summed E-state index contributed by atoms with van der Waals surface area (Å²) < 4.78 is 0. The van der Waals surface area contributed by atoms with Gasteiger partial charge in [-0.3, -0.25) is 4.98 Å². The molecule has 0 bridgehead atoms. The smallest absolute Gasteiger partial charge is 0.0788 e. The summed E-state index contributed by atoms with van der Waals surface area (Å²) in [5.41, 5.74) is 3.16. The van der Waals surface area contributed by atoms with Crippen molar-refractivity contribution < 1.29 is 0 Å². The SMILES string of the molecule is C#CCN(C)c1cc(CNC)nc2ccccc12. The number of hydrogen-bond acceptors (Lipinski definition) is 3. The number of aromatic nitrogens is 1. The molecule has 0 amide bonds. The van der Waals surface area contributed by atoms with Crippen molar-refractivity contribution in [1.29, 1.82) is 0 Å². The molecular formula is C15H17N3. The average Bonchev–Trinajstić information content (AvgIpc) is 2.38. The lowest BCUT2D eigenvalue weighted by Crippen LogP contribution is -2.18. The summed E-state index contributed by atoms with van der Waals surface area (Å²) in [5, 5.41) is 4.26. The van der Waals surface area contributed by atoms with Gasteiger partial charge in [-0.05, 0) is 19.2 Å². The summed E-state index contributed by atoms with van der Waals surface area (Å²) in [6.45, 7) is 1.34. The molecular weight excluding hydrogens is 222 g/mol. The molecule has 1 heterocycles. The second-order valence-electron chi connectivity index (χ2n) is 4.24. The van der Waals surface area contributed by atoms with E-state index in [1.807, 2.05) is 32.3 Å². The Labute approximate surface area is 108 Å². The zero-order valence-electron chi connectivity index (χ0n) is 10.8. The van der Waals surface area contributed by atoms with E-state index in [9.17, 15) is 0 Å². The summed E-state index contributed by atoms with van der Waals surface area (Å²) in [7, 11) is 3.92. The van der Waals surface area contributed by atoms with Gasteiger partial charge in [0.05, 0.1) is 17.8 Å². The van der Waals surface area contributed by atoms with Crippen LogP contribution < -0.4 is 10.2 Å². The molecule has 1 aromatic heterocycles. The Balaban J connectivity index is 2.57. The van der Waals surface area contributed by atoms with Crippen molar-refractivity contribution in [2.24, 2.45) is 0 Å². The first kappa shape index (κ1) is 12.4. The van der Waals surface area contributed by atoms with Crippen molar-refractivity contribution in [3.8, 4) is 12.3 Å². The predicted molar refractivity (Wildman–Crippen MR) is 76.6 cm³/mol. The van der Waals surface area contributed by atoms with Crippen molar-refractivity contribution in [2.75, 3.05) is 25.5 Å². The van der Waals surface area contributed by atoms with E-state index in [4.69, 9.17) is 6.42 Å². The number of para-hydroxylation sites is 1. The highest BCUT2D eigenvalue weighted by atomic mass is 15.1. The van der Waals surface area contributed by atoms with Gasteiger partial charge in [0.15, 0.2) is 0 Å². The number of nitrogens with one attached hydrogen (secondary N) is 1. The molecule has 0 aliphatic heterocycles. The highest BCUT2D eigenvalue weighted by Gasteiger charge is 2.08. The number of anilines is 1. The van der Waals surface area contributed by atoms with E-state index in [0.717, 1.165) is 28.8 Å². The summed E-state index contributed by atoms with van der Waals surface area (Å²) >= 11 is 0. The fourth-order valence-corrected chi connectivity index (χ4v) is 2.02. The van der Waals surface area contributed by atoms with E-state index in [1.165, 1.54) is 0 Å². The minimum absolute atomic E-state index is 0.590. The Kier molecular flexibility index (Phi) is 3.81. The third-order valence-corrected chi connectivity index (χ3v) is 2.84. The molecule has 1 N–H and O–H groups in total. The number of benzene rings is 1. The Morgan fingerprint density at radius 1 is 1.39 bits per heavy atom. The van der Waals surface area contributed by atoms with Gasteiger partial charge in [0.1, 0.15) is 0 Å². The van der Waals surface area contributed by atoms with E-state index < -0.39 is 0 Å². The molecule has 0 spiro atoms. The second kappa shape index (κ2) is 5.52. The summed E-state index contributed by atoms with van der Waals surface area (Å²) in [4.78, 5) is 6.70. The van der Waals surface area contributed by atoms with Crippen LogP contribution in [0.15, 0.2) is 30.3 Å². The van der Waals surface area contributed by atoms with Crippen LogP contribution in [0, 0.1) is 12.3 Å². The minimum Gasteiger partial charge on any atom is -0.363 e. The Morgan fingerprint density at radius 3 is 2.89 bits per heavy atom. The first-order valence-corrected chi connectivity index (χ1v) is 5.94. The highest BCUT2D eigenvalue weighted by molar-refractivity contribution is 5.91. The van der Waals surface area contributed by atoms with Crippen molar-refractivity contribution in [3.63, 3.8) is 0 Å². The van der Waals surface area contributed by atoms with Gasteiger partial charge in [0.2, 0.25) is 0 Å². The van der Waals surface area contributed by atoms with E-state index in [0.29, 0.717) is 6.54 Å². The third-order valence-electron chi connectivity index (χ3n) is 2.84. The summed E-state index contributed by atoms with van der Waals surface area (Å²) in [6.07, 6.45) is 5.39. The molecule has 3 heteroatoms. The molecule has 1 aromatic carbocycles. The van der Waals surface area contributed by atoms with Crippen LogP contribution in [-0.2, 0) is 6.54 Å². The van der Waals surface area contributed by atoms with E-state index >= 15 is 0 Å². The maximum Gasteiger partial charge on any atom is 0.0788 e. The van der Waals surface area contributed by atoms with Crippen LogP contribution in [0.25, 0.3) is 10.9 Å². The van der Waals surface area contributed by atoms with Gasteiger partial charge < -0.3 is 10.2 Å². The molecule has 2 aromatic rings. The van der Waals surface area contributed by atoms with E-state index in [1.54, 1.807) is 0 Å². The van der Waals surface area contributed by atoms with Crippen molar-refractivity contribution in [3.05, 3.63) is 36.0 Å². The molecule has 18 heavy (non-hydrogen) atoms. The second-order valence-corrected chi connectivity index (χ2v) is 4.24. The van der Waals surface area contributed by atoms with Gasteiger partial charge >= 0.3 is 0 Å². The van der Waals surface area contributed by atoms with Crippen LogP contribution in [0.3, 0.4) is 0 Å². The minimum atomic E-state index is 0.590. The predicted octanol–water partition coefficient (Wildman–Crippen LogP) is 2.02. The van der Waals surface area contributed by atoms with Crippen molar-refractivity contribution in [2.45, 2.75) is 6.54 Å². The first-order chi connectivity index (χ1) is 8.76. The number of hydrogen-bond donors (Lipinski definition) is 1. The van der Waals surface area contributed by atoms with E-state index in [-0.39, 0.29) is 0 Å². The molecule has 0 saturated heterocycles. The lowest BCUT2D eigenvalue weighted by Gasteiger charge is -2.19. The third kappa shape index (κ3) is 2.44. The van der Waals surface area contributed by atoms with E-state index in [2.05, 4.69) is 33.3 Å². The molecule has 0 aliphatic rings. The van der Waals surface area contributed by atoms with Crippen molar-refractivity contribution >= 4 is 16.6 Å². The lowest BCUT2D eigenvalue weighted by molar-refractivity contribution is 0.795. The number of fused-ring (bicyclic) bond motifs is 1. The molecule has 0 atom stereocenters. The zero-order valence-corrected chi connectivity index (χ0v) is 10.8. The fourth-order valence-electron chi connectivity index (χ4n) is 2.02. The zero-order chi connectivity index (χ0) is 13.0. The van der Waals surface area contributed by atoms with Crippen molar-refractivity contribution in [1.82, 2.24) is 10.3 Å². The summed E-state index contributed by atoms with van der Waals surface area (Å²) in [6, 6.07) is 10.2. The molecule has 2 rings (SSSR count).